The first kappa shape index (κ1) is 7.73. The van der Waals surface area contributed by atoms with E-state index in [2.05, 4.69) is 12.2 Å². The maximum Gasteiger partial charge on any atom is 0.137 e. The SMILES string of the molecule is CCCC(=O)C1CCNC1. The molecule has 2 heteroatoms. The standard InChI is InChI=1S/C8H15NO/c1-2-3-8(10)7-4-5-9-6-7/h7,9H,2-6H2,1H3. The smallest absolute Gasteiger partial charge is 0.137 e. The summed E-state index contributed by atoms with van der Waals surface area (Å²) in [6, 6.07) is 0. The average molecular weight is 141 g/mol. The summed E-state index contributed by atoms with van der Waals surface area (Å²) in [6.07, 6.45) is 2.82. The van der Waals surface area contributed by atoms with E-state index in [-0.39, 0.29) is 0 Å². The molecule has 1 rings (SSSR count). The van der Waals surface area contributed by atoms with E-state index in [9.17, 15) is 4.79 Å². The fourth-order valence-electron chi connectivity index (χ4n) is 1.38. The maximum atomic E-state index is 11.2. The van der Waals surface area contributed by atoms with Crippen LogP contribution in [-0.2, 0) is 4.79 Å². The van der Waals surface area contributed by atoms with Crippen LogP contribution in [0, 0.1) is 5.92 Å². The number of hydrogen-bond acceptors (Lipinski definition) is 2. The molecule has 10 heavy (non-hydrogen) atoms. The molecule has 0 bridgehead atoms. The summed E-state index contributed by atoms with van der Waals surface area (Å²) in [5, 5.41) is 3.19. The summed E-state index contributed by atoms with van der Waals surface area (Å²) in [4.78, 5) is 11.2. The fourth-order valence-corrected chi connectivity index (χ4v) is 1.38. The lowest BCUT2D eigenvalue weighted by Gasteiger charge is -2.03. The molecular weight excluding hydrogens is 126 g/mol. The molecule has 0 saturated carbocycles. The van der Waals surface area contributed by atoms with Gasteiger partial charge in [-0.05, 0) is 19.4 Å². The third-order valence-corrected chi connectivity index (χ3v) is 2.01. The molecule has 1 unspecified atom stereocenters. The number of nitrogens with one attached hydrogen (secondary N) is 1. The zero-order chi connectivity index (χ0) is 7.40. The van der Waals surface area contributed by atoms with Crippen molar-refractivity contribution in [2.24, 2.45) is 5.92 Å². The van der Waals surface area contributed by atoms with Crippen LogP contribution in [0.25, 0.3) is 0 Å². The van der Waals surface area contributed by atoms with E-state index in [1.54, 1.807) is 0 Å². The largest absolute Gasteiger partial charge is 0.316 e. The molecule has 1 aliphatic heterocycles. The topological polar surface area (TPSA) is 29.1 Å². The Balaban J connectivity index is 2.25. The van der Waals surface area contributed by atoms with Crippen LogP contribution in [0.4, 0.5) is 0 Å². The van der Waals surface area contributed by atoms with E-state index in [1.807, 2.05) is 0 Å². The normalized spacial score (nSPS) is 25.1. The number of Topliss-reactive ketones (excluding diaryl/α,β-unsaturated/α-hetero) is 1. The summed E-state index contributed by atoms with van der Waals surface area (Å²) in [5.41, 5.74) is 0. The van der Waals surface area contributed by atoms with Crippen LogP contribution in [0.5, 0.6) is 0 Å². The Labute approximate surface area is 62.0 Å². The van der Waals surface area contributed by atoms with Crippen LogP contribution in [0.1, 0.15) is 26.2 Å². The van der Waals surface area contributed by atoms with Crippen LogP contribution >= 0.6 is 0 Å². The van der Waals surface area contributed by atoms with Crippen LogP contribution in [0.3, 0.4) is 0 Å². The lowest BCUT2D eigenvalue weighted by molar-refractivity contribution is -0.122. The summed E-state index contributed by atoms with van der Waals surface area (Å²) in [6.45, 7) is 4.00. The highest BCUT2D eigenvalue weighted by Crippen LogP contribution is 2.11. The van der Waals surface area contributed by atoms with Gasteiger partial charge in [-0.2, -0.15) is 0 Å². The van der Waals surface area contributed by atoms with Crippen LogP contribution in [0.2, 0.25) is 0 Å². The zero-order valence-electron chi connectivity index (χ0n) is 6.52. The quantitative estimate of drug-likeness (QED) is 0.634. The van der Waals surface area contributed by atoms with Crippen molar-refractivity contribution in [3.63, 3.8) is 0 Å². The molecule has 0 amide bonds. The zero-order valence-corrected chi connectivity index (χ0v) is 6.52. The lowest BCUT2D eigenvalue weighted by Crippen LogP contribution is -2.17. The molecule has 0 aromatic rings. The Morgan fingerprint density at radius 3 is 3.00 bits per heavy atom. The van der Waals surface area contributed by atoms with Gasteiger partial charge in [-0.25, -0.2) is 0 Å². The minimum atomic E-state index is 0.333. The second kappa shape index (κ2) is 3.71. The molecule has 0 aliphatic carbocycles. The number of hydrogen-bond donors (Lipinski definition) is 1. The average Bonchev–Trinajstić information content (AvgIpc) is 2.38. The van der Waals surface area contributed by atoms with Gasteiger partial charge in [-0.1, -0.05) is 6.92 Å². The molecule has 1 heterocycles. The van der Waals surface area contributed by atoms with Crippen molar-refractivity contribution in [3.05, 3.63) is 0 Å². The number of carbonyl (C=O) groups is 1. The Bertz CT molecular complexity index is 116. The first-order valence-corrected chi connectivity index (χ1v) is 4.08. The predicted molar refractivity (Wildman–Crippen MR) is 40.9 cm³/mol. The van der Waals surface area contributed by atoms with Crippen molar-refractivity contribution < 1.29 is 4.79 Å². The van der Waals surface area contributed by atoms with E-state index in [4.69, 9.17) is 0 Å². The van der Waals surface area contributed by atoms with Gasteiger partial charge in [0.05, 0.1) is 0 Å². The molecule has 1 saturated heterocycles. The van der Waals surface area contributed by atoms with Crippen LogP contribution in [-0.4, -0.2) is 18.9 Å². The maximum absolute atomic E-state index is 11.2. The molecule has 0 radical (unpaired) electrons. The molecule has 0 aromatic heterocycles. The minimum absolute atomic E-state index is 0.333. The second-order valence-electron chi connectivity index (χ2n) is 2.91. The van der Waals surface area contributed by atoms with Crippen molar-refractivity contribution in [1.29, 1.82) is 0 Å². The van der Waals surface area contributed by atoms with E-state index in [0.717, 1.165) is 32.4 Å². The van der Waals surface area contributed by atoms with Gasteiger partial charge in [-0.3, -0.25) is 4.79 Å². The van der Waals surface area contributed by atoms with Gasteiger partial charge in [0.1, 0.15) is 5.78 Å². The Kier molecular flexibility index (Phi) is 2.87. The van der Waals surface area contributed by atoms with Crippen molar-refractivity contribution in [3.8, 4) is 0 Å². The second-order valence-corrected chi connectivity index (χ2v) is 2.91. The van der Waals surface area contributed by atoms with Crippen molar-refractivity contribution >= 4 is 5.78 Å². The van der Waals surface area contributed by atoms with Gasteiger partial charge in [0.2, 0.25) is 0 Å². The summed E-state index contributed by atoms with van der Waals surface area (Å²) >= 11 is 0. The Morgan fingerprint density at radius 1 is 1.70 bits per heavy atom. The van der Waals surface area contributed by atoms with Crippen LogP contribution in [0.15, 0.2) is 0 Å². The van der Waals surface area contributed by atoms with Crippen molar-refractivity contribution in [2.75, 3.05) is 13.1 Å². The highest BCUT2D eigenvalue weighted by Gasteiger charge is 2.20. The van der Waals surface area contributed by atoms with Gasteiger partial charge in [0, 0.05) is 18.9 Å². The molecule has 0 aromatic carbocycles. The number of carbonyl (C=O) groups excluding carboxylic acids is 1. The highest BCUT2D eigenvalue weighted by atomic mass is 16.1. The monoisotopic (exact) mass is 141 g/mol. The molecule has 0 spiro atoms. The molecule has 1 fully saturated rings. The summed E-state index contributed by atoms with van der Waals surface area (Å²) < 4.78 is 0. The molecule has 1 N–H and O–H groups in total. The van der Waals surface area contributed by atoms with Gasteiger partial charge in [0.25, 0.3) is 0 Å². The third kappa shape index (κ3) is 1.81. The Morgan fingerprint density at radius 2 is 2.50 bits per heavy atom. The molecule has 2 nitrogen and oxygen atoms in total. The Hall–Kier alpha value is -0.370. The lowest BCUT2D eigenvalue weighted by atomic mass is 10.0. The number of ketones is 1. The summed E-state index contributed by atoms with van der Waals surface area (Å²) in [7, 11) is 0. The molecular formula is C8H15NO. The van der Waals surface area contributed by atoms with Gasteiger partial charge in [0.15, 0.2) is 0 Å². The predicted octanol–water partition coefficient (Wildman–Crippen LogP) is 0.965. The first-order chi connectivity index (χ1) is 4.84. The molecule has 58 valence electrons. The van der Waals surface area contributed by atoms with E-state index in [0.29, 0.717) is 11.7 Å². The fraction of sp³-hybridized carbons (Fsp3) is 0.875. The van der Waals surface area contributed by atoms with E-state index < -0.39 is 0 Å². The first-order valence-electron chi connectivity index (χ1n) is 4.08. The minimum Gasteiger partial charge on any atom is -0.316 e. The van der Waals surface area contributed by atoms with Gasteiger partial charge < -0.3 is 5.32 Å². The highest BCUT2D eigenvalue weighted by molar-refractivity contribution is 5.81. The van der Waals surface area contributed by atoms with Crippen molar-refractivity contribution in [1.82, 2.24) is 5.32 Å². The molecule has 1 atom stereocenters. The van der Waals surface area contributed by atoms with Gasteiger partial charge >= 0.3 is 0 Å². The van der Waals surface area contributed by atoms with Gasteiger partial charge in [-0.15, -0.1) is 0 Å². The summed E-state index contributed by atoms with van der Waals surface area (Å²) in [5.74, 6) is 0.785. The third-order valence-electron chi connectivity index (χ3n) is 2.01. The van der Waals surface area contributed by atoms with Crippen LogP contribution < -0.4 is 5.32 Å². The number of rotatable bonds is 3. The molecule has 1 aliphatic rings. The van der Waals surface area contributed by atoms with Crippen molar-refractivity contribution in [2.45, 2.75) is 26.2 Å². The van der Waals surface area contributed by atoms with E-state index >= 15 is 0 Å². The van der Waals surface area contributed by atoms with E-state index in [1.165, 1.54) is 0 Å².